The van der Waals surface area contributed by atoms with Gasteiger partial charge < -0.3 is 10.6 Å². The monoisotopic (exact) mass is 281 g/mol. The Morgan fingerprint density at radius 2 is 2.10 bits per heavy atom. The highest BCUT2D eigenvalue weighted by atomic mass is 19.1. The molecule has 21 heavy (non-hydrogen) atoms. The second kappa shape index (κ2) is 5.25. The molecular weight excluding hydrogens is 269 g/mol. The smallest absolute Gasteiger partial charge is 0.233 e. The average molecular weight is 281 g/mol. The number of rotatable bonds is 2. The Labute approximate surface area is 121 Å². The topological polar surface area (TPSA) is 64.9 Å². The minimum Gasteiger partial charge on any atom is -0.384 e. The summed E-state index contributed by atoms with van der Waals surface area (Å²) >= 11 is 0. The molecule has 0 fully saturated rings. The maximum Gasteiger partial charge on any atom is 0.233 e. The van der Waals surface area contributed by atoms with Crippen LogP contribution >= 0.6 is 0 Å². The number of carbonyl (C=O) groups is 1. The third-order valence-electron chi connectivity index (χ3n) is 3.53. The Morgan fingerprint density at radius 1 is 1.29 bits per heavy atom. The molecule has 0 aliphatic carbocycles. The van der Waals surface area contributed by atoms with E-state index >= 15 is 0 Å². The number of hydrogen-bond donors (Lipinski definition) is 2. The van der Waals surface area contributed by atoms with Crippen molar-refractivity contribution < 1.29 is 9.18 Å². The van der Waals surface area contributed by atoms with E-state index < -0.39 is 5.82 Å². The summed E-state index contributed by atoms with van der Waals surface area (Å²) in [5.74, 6) is -1.24. The summed E-state index contributed by atoms with van der Waals surface area (Å²) < 4.78 is 13.5. The molecule has 1 atom stereocenters. The molecule has 2 aromatic rings. The number of nitrogens with zero attached hydrogens (tertiary/aromatic N) is 1. The van der Waals surface area contributed by atoms with Crippen LogP contribution in [0.5, 0.6) is 0 Å². The van der Waals surface area contributed by atoms with Crippen LogP contribution in [0.15, 0.2) is 42.5 Å². The van der Waals surface area contributed by atoms with Gasteiger partial charge in [-0.25, -0.2) is 4.39 Å². The van der Waals surface area contributed by atoms with Crippen LogP contribution in [0, 0.1) is 17.1 Å². The fourth-order valence-electron chi connectivity index (χ4n) is 2.48. The second-order valence-corrected chi connectivity index (χ2v) is 4.78. The third kappa shape index (κ3) is 2.32. The van der Waals surface area contributed by atoms with E-state index in [0.717, 1.165) is 11.3 Å². The zero-order chi connectivity index (χ0) is 14.8. The van der Waals surface area contributed by atoms with Crippen LogP contribution in [0.25, 0.3) is 0 Å². The van der Waals surface area contributed by atoms with Gasteiger partial charge in [0.1, 0.15) is 17.4 Å². The van der Waals surface area contributed by atoms with Gasteiger partial charge >= 0.3 is 0 Å². The van der Waals surface area contributed by atoms with Crippen molar-refractivity contribution in [2.45, 2.75) is 5.92 Å². The molecular formula is C16H12FN3O. The number of fused-ring (bicyclic) bond motifs is 1. The van der Waals surface area contributed by atoms with Gasteiger partial charge in [0.2, 0.25) is 5.91 Å². The number of benzene rings is 2. The van der Waals surface area contributed by atoms with Crippen LogP contribution in [-0.2, 0) is 4.79 Å². The molecule has 3 rings (SSSR count). The van der Waals surface area contributed by atoms with E-state index in [1.165, 1.54) is 18.2 Å². The van der Waals surface area contributed by atoms with Crippen molar-refractivity contribution in [2.24, 2.45) is 0 Å². The van der Waals surface area contributed by atoms with Gasteiger partial charge in [-0.1, -0.05) is 24.3 Å². The van der Waals surface area contributed by atoms with Crippen molar-refractivity contribution in [3.63, 3.8) is 0 Å². The molecule has 5 heteroatoms. The number of nitriles is 1. The number of carbonyl (C=O) groups excluding carboxylic acids is 1. The first kappa shape index (κ1) is 13.1. The van der Waals surface area contributed by atoms with Gasteiger partial charge in [-0.05, 0) is 23.8 Å². The molecule has 0 saturated carbocycles. The van der Waals surface area contributed by atoms with Crippen LogP contribution in [0.4, 0.5) is 15.8 Å². The van der Waals surface area contributed by atoms with Crippen molar-refractivity contribution >= 4 is 17.3 Å². The van der Waals surface area contributed by atoms with Gasteiger partial charge in [-0.2, -0.15) is 5.26 Å². The molecule has 0 saturated heterocycles. The number of nitrogens with one attached hydrogen (secondary N) is 2. The summed E-state index contributed by atoms with van der Waals surface area (Å²) in [7, 11) is 0. The van der Waals surface area contributed by atoms with Crippen molar-refractivity contribution in [3.05, 3.63) is 59.4 Å². The largest absolute Gasteiger partial charge is 0.384 e. The van der Waals surface area contributed by atoms with Crippen molar-refractivity contribution in [1.29, 1.82) is 5.26 Å². The second-order valence-electron chi connectivity index (χ2n) is 4.78. The molecule has 2 N–H and O–H groups in total. The fraction of sp³-hybridized carbons (Fsp3) is 0.125. The summed E-state index contributed by atoms with van der Waals surface area (Å²) in [6.07, 6.45) is 0. The lowest BCUT2D eigenvalue weighted by atomic mass is 10.0. The SMILES string of the molecule is N#Cc1c(F)cccc1NC(=O)C1CNc2ccccc21. The highest BCUT2D eigenvalue weighted by molar-refractivity contribution is 5.99. The maximum atomic E-state index is 13.5. The van der Waals surface area contributed by atoms with Gasteiger partial charge in [-0.15, -0.1) is 0 Å². The van der Waals surface area contributed by atoms with E-state index in [2.05, 4.69) is 10.6 Å². The summed E-state index contributed by atoms with van der Waals surface area (Å²) in [4.78, 5) is 12.4. The lowest BCUT2D eigenvalue weighted by Crippen LogP contribution is -2.23. The summed E-state index contributed by atoms with van der Waals surface area (Å²) in [6.45, 7) is 0.488. The number of amides is 1. The van der Waals surface area contributed by atoms with Gasteiger partial charge in [-0.3, -0.25) is 4.79 Å². The van der Waals surface area contributed by atoms with Crippen LogP contribution in [-0.4, -0.2) is 12.5 Å². The summed E-state index contributed by atoms with van der Waals surface area (Å²) in [5, 5.41) is 14.8. The highest BCUT2D eigenvalue weighted by Crippen LogP contribution is 2.32. The average Bonchev–Trinajstić information content (AvgIpc) is 2.91. The van der Waals surface area contributed by atoms with E-state index in [0.29, 0.717) is 6.54 Å². The fourth-order valence-corrected chi connectivity index (χ4v) is 2.48. The Hall–Kier alpha value is -2.87. The Morgan fingerprint density at radius 3 is 2.90 bits per heavy atom. The zero-order valence-electron chi connectivity index (χ0n) is 11.1. The molecule has 1 aliphatic rings. The van der Waals surface area contributed by atoms with E-state index in [9.17, 15) is 9.18 Å². The van der Waals surface area contributed by atoms with Crippen LogP contribution in [0.1, 0.15) is 17.0 Å². The maximum absolute atomic E-state index is 13.5. The van der Waals surface area contributed by atoms with E-state index in [4.69, 9.17) is 5.26 Å². The Balaban J connectivity index is 1.86. The van der Waals surface area contributed by atoms with Crippen molar-refractivity contribution in [3.8, 4) is 6.07 Å². The Bertz CT molecular complexity index is 751. The van der Waals surface area contributed by atoms with Crippen LogP contribution in [0.2, 0.25) is 0 Å². The Kier molecular flexibility index (Phi) is 3.28. The molecule has 0 spiro atoms. The first-order valence-corrected chi connectivity index (χ1v) is 6.53. The first-order chi connectivity index (χ1) is 10.2. The number of hydrogen-bond acceptors (Lipinski definition) is 3. The molecule has 0 radical (unpaired) electrons. The molecule has 1 amide bonds. The molecule has 104 valence electrons. The van der Waals surface area contributed by atoms with E-state index in [1.807, 2.05) is 24.3 Å². The predicted octanol–water partition coefficient (Wildman–Crippen LogP) is 2.85. The molecule has 1 aliphatic heterocycles. The minimum atomic E-state index is -0.639. The number of para-hydroxylation sites is 1. The van der Waals surface area contributed by atoms with Crippen LogP contribution < -0.4 is 10.6 Å². The third-order valence-corrected chi connectivity index (χ3v) is 3.53. The number of anilines is 2. The van der Waals surface area contributed by atoms with E-state index in [1.54, 1.807) is 6.07 Å². The zero-order valence-corrected chi connectivity index (χ0v) is 11.1. The molecule has 0 aromatic heterocycles. The quantitative estimate of drug-likeness (QED) is 0.889. The standard InChI is InChI=1S/C16H12FN3O/c17-13-5-3-7-15(11(13)8-18)20-16(21)12-9-19-14-6-2-1-4-10(12)14/h1-7,12,19H,9H2,(H,20,21). The van der Waals surface area contributed by atoms with Crippen molar-refractivity contribution in [2.75, 3.05) is 17.2 Å². The van der Waals surface area contributed by atoms with Crippen LogP contribution in [0.3, 0.4) is 0 Å². The summed E-state index contributed by atoms with van der Waals surface area (Å²) in [6, 6.07) is 13.5. The van der Waals surface area contributed by atoms with E-state index in [-0.39, 0.29) is 23.1 Å². The molecule has 1 heterocycles. The number of halogens is 1. The van der Waals surface area contributed by atoms with Gasteiger partial charge in [0.15, 0.2) is 0 Å². The van der Waals surface area contributed by atoms with Gasteiger partial charge in [0.05, 0.1) is 11.6 Å². The molecule has 0 bridgehead atoms. The lowest BCUT2D eigenvalue weighted by Gasteiger charge is -2.12. The molecule has 2 aromatic carbocycles. The highest BCUT2D eigenvalue weighted by Gasteiger charge is 2.28. The van der Waals surface area contributed by atoms with Gasteiger partial charge in [0.25, 0.3) is 0 Å². The molecule has 4 nitrogen and oxygen atoms in total. The normalized spacial score (nSPS) is 15.7. The lowest BCUT2D eigenvalue weighted by molar-refractivity contribution is -0.117. The predicted molar refractivity (Wildman–Crippen MR) is 77.4 cm³/mol. The van der Waals surface area contributed by atoms with Gasteiger partial charge in [0, 0.05) is 12.2 Å². The van der Waals surface area contributed by atoms with Crippen molar-refractivity contribution in [1.82, 2.24) is 0 Å². The summed E-state index contributed by atoms with van der Waals surface area (Å²) in [5.41, 5.74) is 1.89. The first-order valence-electron chi connectivity index (χ1n) is 6.53. The molecule has 1 unspecified atom stereocenters. The minimum absolute atomic E-state index is 0.148.